The number of nitrogens with one attached hydrogen (secondary N) is 3. The number of aromatic amines is 2. The molecule has 0 amide bonds. The molecule has 7 nitrogen and oxygen atoms in total. The van der Waals surface area contributed by atoms with Crippen molar-refractivity contribution < 1.29 is 4.79 Å². The molecule has 0 atom stereocenters. The molecule has 0 bridgehead atoms. The molecule has 41 heavy (non-hydrogen) atoms. The quantitative estimate of drug-likeness (QED) is 0.170. The fourth-order valence-corrected chi connectivity index (χ4v) is 6.06. The predicted molar refractivity (Wildman–Crippen MR) is 165 cm³/mol. The van der Waals surface area contributed by atoms with Gasteiger partial charge in [-0.15, -0.1) is 11.3 Å². The SMILES string of the molecule is CC(=O)c1ccc(-c2cccc3[nH]c(-c4n[nH]c5cnc(-c6cncc(CNCc7ccccc7)c6)cc45)cc23)s1. The summed E-state index contributed by atoms with van der Waals surface area (Å²) in [6.07, 6.45) is 5.56. The van der Waals surface area contributed by atoms with E-state index in [1.807, 2.05) is 42.9 Å². The largest absolute Gasteiger partial charge is 0.353 e. The van der Waals surface area contributed by atoms with Crippen LogP contribution in [0.15, 0.2) is 97.5 Å². The van der Waals surface area contributed by atoms with E-state index in [1.54, 1.807) is 6.92 Å². The van der Waals surface area contributed by atoms with Gasteiger partial charge in [0.1, 0.15) is 5.69 Å². The van der Waals surface area contributed by atoms with Crippen molar-refractivity contribution >= 4 is 38.9 Å². The van der Waals surface area contributed by atoms with Gasteiger partial charge < -0.3 is 10.3 Å². The number of fused-ring (bicyclic) bond motifs is 2. The standard InChI is InChI=1S/C33H26N6OS/c1-20(40)31-10-11-32(41-31)24-8-5-9-27-25(24)13-29(37-27)33-26-14-28(36-19-30(26)38-39-33)23-12-22(17-35-18-23)16-34-15-21-6-3-2-4-7-21/h2-14,17-19,34,37H,15-16H2,1H3,(H,38,39). The van der Waals surface area contributed by atoms with Crippen LogP contribution in [-0.4, -0.2) is 30.9 Å². The topological polar surface area (TPSA) is 99.4 Å². The lowest BCUT2D eigenvalue weighted by molar-refractivity contribution is 0.102. The number of pyridine rings is 2. The third kappa shape index (κ3) is 4.95. The minimum atomic E-state index is 0.0831. The zero-order valence-electron chi connectivity index (χ0n) is 22.3. The van der Waals surface area contributed by atoms with Gasteiger partial charge in [-0.05, 0) is 54.4 Å². The summed E-state index contributed by atoms with van der Waals surface area (Å²) in [7, 11) is 0. The first-order valence-electron chi connectivity index (χ1n) is 13.4. The van der Waals surface area contributed by atoms with Crippen molar-refractivity contribution in [2.24, 2.45) is 0 Å². The van der Waals surface area contributed by atoms with Gasteiger partial charge in [0, 0.05) is 57.8 Å². The molecule has 200 valence electrons. The number of aromatic nitrogens is 5. The van der Waals surface area contributed by atoms with Gasteiger partial charge in [0.25, 0.3) is 0 Å². The Hall–Kier alpha value is -4.92. The van der Waals surface area contributed by atoms with Crippen molar-refractivity contribution in [3.63, 3.8) is 0 Å². The minimum absolute atomic E-state index is 0.0831. The Morgan fingerprint density at radius 1 is 0.854 bits per heavy atom. The highest BCUT2D eigenvalue weighted by molar-refractivity contribution is 7.17. The second kappa shape index (κ2) is 10.6. The van der Waals surface area contributed by atoms with Gasteiger partial charge in [-0.2, -0.15) is 5.10 Å². The molecule has 0 aliphatic carbocycles. The van der Waals surface area contributed by atoms with E-state index in [2.05, 4.69) is 80.1 Å². The smallest absolute Gasteiger partial charge is 0.169 e. The number of ketones is 1. The van der Waals surface area contributed by atoms with Crippen LogP contribution in [0, 0.1) is 0 Å². The number of carbonyl (C=O) groups excluding carboxylic acids is 1. The minimum Gasteiger partial charge on any atom is -0.353 e. The molecule has 0 saturated carbocycles. The fraction of sp³-hybridized carbons (Fsp3) is 0.0909. The maximum atomic E-state index is 11.9. The molecule has 0 unspecified atom stereocenters. The molecule has 5 heterocycles. The Morgan fingerprint density at radius 2 is 1.73 bits per heavy atom. The first-order chi connectivity index (χ1) is 20.1. The molecule has 0 aliphatic rings. The van der Waals surface area contributed by atoms with Crippen LogP contribution in [0.1, 0.15) is 27.7 Å². The van der Waals surface area contributed by atoms with Gasteiger partial charge in [-0.25, -0.2) is 0 Å². The van der Waals surface area contributed by atoms with E-state index in [0.29, 0.717) is 6.54 Å². The van der Waals surface area contributed by atoms with Crippen molar-refractivity contribution in [3.05, 3.63) is 113 Å². The summed E-state index contributed by atoms with van der Waals surface area (Å²) in [5, 5.41) is 13.3. The maximum absolute atomic E-state index is 11.9. The van der Waals surface area contributed by atoms with Crippen LogP contribution in [-0.2, 0) is 13.1 Å². The summed E-state index contributed by atoms with van der Waals surface area (Å²) < 4.78 is 0. The summed E-state index contributed by atoms with van der Waals surface area (Å²) >= 11 is 1.52. The highest BCUT2D eigenvalue weighted by Crippen LogP contribution is 2.37. The fourth-order valence-electron chi connectivity index (χ4n) is 5.12. The van der Waals surface area contributed by atoms with Crippen molar-refractivity contribution in [1.29, 1.82) is 0 Å². The number of nitrogens with zero attached hydrogens (tertiary/aromatic N) is 3. The van der Waals surface area contributed by atoms with Crippen LogP contribution in [0.5, 0.6) is 0 Å². The zero-order valence-corrected chi connectivity index (χ0v) is 23.1. The van der Waals surface area contributed by atoms with E-state index < -0.39 is 0 Å². The van der Waals surface area contributed by atoms with Gasteiger partial charge in [0.05, 0.1) is 28.0 Å². The Kier molecular flexibility index (Phi) is 6.47. The number of thiophene rings is 1. The first-order valence-corrected chi connectivity index (χ1v) is 14.2. The molecule has 7 aromatic rings. The molecule has 0 saturated heterocycles. The molecule has 0 aliphatic heterocycles. The molecule has 0 spiro atoms. The highest BCUT2D eigenvalue weighted by Gasteiger charge is 2.16. The van der Waals surface area contributed by atoms with Crippen molar-refractivity contribution in [2.75, 3.05) is 0 Å². The summed E-state index contributed by atoms with van der Waals surface area (Å²) in [4.78, 5) is 26.4. The van der Waals surface area contributed by atoms with E-state index in [0.717, 1.165) is 71.9 Å². The van der Waals surface area contributed by atoms with Gasteiger partial charge in [-0.3, -0.25) is 19.9 Å². The Labute approximate surface area is 240 Å². The molecule has 3 N–H and O–H groups in total. The molecular weight excluding hydrogens is 528 g/mol. The molecule has 0 fully saturated rings. The average molecular weight is 555 g/mol. The van der Waals surface area contributed by atoms with Crippen LogP contribution in [0.2, 0.25) is 0 Å². The van der Waals surface area contributed by atoms with Crippen molar-refractivity contribution in [1.82, 2.24) is 30.5 Å². The Bertz CT molecular complexity index is 2020. The monoisotopic (exact) mass is 554 g/mol. The van der Waals surface area contributed by atoms with Crippen LogP contribution in [0.4, 0.5) is 0 Å². The lowest BCUT2D eigenvalue weighted by Crippen LogP contribution is -2.12. The van der Waals surface area contributed by atoms with Gasteiger partial charge in [-0.1, -0.05) is 42.5 Å². The molecular formula is C33H26N6OS. The second-order valence-electron chi connectivity index (χ2n) is 10.0. The van der Waals surface area contributed by atoms with Crippen molar-refractivity contribution in [3.8, 4) is 33.1 Å². The third-order valence-corrected chi connectivity index (χ3v) is 8.40. The number of hydrogen-bond donors (Lipinski definition) is 3. The van der Waals surface area contributed by atoms with Gasteiger partial charge in [0.2, 0.25) is 0 Å². The predicted octanol–water partition coefficient (Wildman–Crippen LogP) is 7.39. The van der Waals surface area contributed by atoms with E-state index in [9.17, 15) is 4.79 Å². The lowest BCUT2D eigenvalue weighted by atomic mass is 10.1. The highest BCUT2D eigenvalue weighted by atomic mass is 32.1. The average Bonchev–Trinajstić information content (AvgIpc) is 3.76. The van der Waals surface area contributed by atoms with E-state index in [-0.39, 0.29) is 5.78 Å². The third-order valence-electron chi connectivity index (χ3n) is 7.18. The normalized spacial score (nSPS) is 11.4. The number of benzene rings is 2. The Balaban J connectivity index is 1.19. The molecule has 2 aromatic carbocycles. The molecule has 7 rings (SSSR count). The van der Waals surface area contributed by atoms with Crippen LogP contribution in [0.25, 0.3) is 54.9 Å². The van der Waals surface area contributed by atoms with E-state index in [1.165, 1.54) is 16.9 Å². The van der Waals surface area contributed by atoms with Crippen LogP contribution in [0.3, 0.4) is 0 Å². The van der Waals surface area contributed by atoms with E-state index >= 15 is 0 Å². The zero-order chi connectivity index (χ0) is 27.8. The summed E-state index contributed by atoms with van der Waals surface area (Å²) in [5.41, 5.74) is 8.84. The van der Waals surface area contributed by atoms with E-state index in [4.69, 9.17) is 4.98 Å². The summed E-state index contributed by atoms with van der Waals surface area (Å²) in [6, 6.07) is 26.8. The van der Waals surface area contributed by atoms with Crippen LogP contribution >= 0.6 is 11.3 Å². The Morgan fingerprint density at radius 3 is 2.59 bits per heavy atom. The summed E-state index contributed by atoms with van der Waals surface area (Å²) in [5.74, 6) is 0.0831. The molecule has 0 radical (unpaired) electrons. The number of H-pyrrole nitrogens is 2. The second-order valence-corrected chi connectivity index (χ2v) is 11.1. The van der Waals surface area contributed by atoms with Crippen LogP contribution < -0.4 is 5.32 Å². The number of Topliss-reactive ketones (excluding diaryl/α,β-unsaturated/α-hetero) is 1. The maximum Gasteiger partial charge on any atom is 0.169 e. The molecule has 5 aromatic heterocycles. The molecule has 8 heteroatoms. The van der Waals surface area contributed by atoms with Gasteiger partial charge >= 0.3 is 0 Å². The van der Waals surface area contributed by atoms with Gasteiger partial charge in [0.15, 0.2) is 5.78 Å². The number of carbonyl (C=O) groups is 1. The van der Waals surface area contributed by atoms with Crippen molar-refractivity contribution in [2.45, 2.75) is 20.0 Å². The first kappa shape index (κ1) is 25.1. The lowest BCUT2D eigenvalue weighted by Gasteiger charge is -2.07. The number of hydrogen-bond acceptors (Lipinski definition) is 6. The summed E-state index contributed by atoms with van der Waals surface area (Å²) in [6.45, 7) is 3.11. The number of rotatable bonds is 8.